The van der Waals surface area contributed by atoms with Gasteiger partial charge in [0.05, 0.1) is 12.8 Å². The Morgan fingerprint density at radius 1 is 1.33 bits per heavy atom. The Hall–Kier alpha value is -1.59. The van der Waals surface area contributed by atoms with Gasteiger partial charge < -0.3 is 4.74 Å². The number of amides is 1. The zero-order valence-electron chi connectivity index (χ0n) is 11.7. The fourth-order valence-corrected chi connectivity index (χ4v) is 3.38. The van der Waals surface area contributed by atoms with Crippen LogP contribution in [0.25, 0.3) is 0 Å². The Morgan fingerprint density at radius 2 is 2.14 bits per heavy atom. The number of fused-ring (bicyclic) bond motifs is 1. The highest BCUT2D eigenvalue weighted by Crippen LogP contribution is 2.29. The van der Waals surface area contributed by atoms with E-state index in [9.17, 15) is 4.79 Å². The summed E-state index contributed by atoms with van der Waals surface area (Å²) in [7, 11) is 1.59. The topological polar surface area (TPSA) is 51.2 Å². The van der Waals surface area contributed by atoms with E-state index in [4.69, 9.17) is 4.74 Å². The van der Waals surface area contributed by atoms with Crippen molar-refractivity contribution in [2.45, 2.75) is 25.7 Å². The number of nitrogens with zero attached hydrogens (tertiary/aromatic N) is 1. The number of anilines is 1. The summed E-state index contributed by atoms with van der Waals surface area (Å²) in [5, 5.41) is 3.58. The predicted octanol–water partition coefficient (Wildman–Crippen LogP) is 3.70. The predicted molar refractivity (Wildman–Crippen MR) is 87.0 cm³/mol. The molecule has 2 aromatic rings. The maximum absolute atomic E-state index is 12.2. The maximum Gasteiger partial charge on any atom is 0.257 e. The standard InChI is InChI=1S/C15H16N2O2S.ClH/c1-19-11-6-4-5-10(9-11)14(18)17-15-16-12-7-2-3-8-13(12)20-15;/h4-6,9H,2-3,7-8H2,1H3,(H,16,17,18);1H. The lowest BCUT2D eigenvalue weighted by atomic mass is 10.0. The molecule has 0 aliphatic heterocycles. The molecular weight excluding hydrogens is 308 g/mol. The lowest BCUT2D eigenvalue weighted by molar-refractivity contribution is 0.102. The van der Waals surface area contributed by atoms with Crippen molar-refractivity contribution in [3.8, 4) is 5.75 Å². The van der Waals surface area contributed by atoms with E-state index in [1.54, 1.807) is 36.6 Å². The maximum atomic E-state index is 12.2. The molecule has 4 nitrogen and oxygen atoms in total. The number of rotatable bonds is 3. The second-order valence-electron chi connectivity index (χ2n) is 4.78. The molecule has 1 aliphatic rings. The van der Waals surface area contributed by atoms with Crippen molar-refractivity contribution in [2.75, 3.05) is 12.4 Å². The van der Waals surface area contributed by atoms with Crippen molar-refractivity contribution in [1.29, 1.82) is 0 Å². The molecule has 6 heteroatoms. The van der Waals surface area contributed by atoms with Crippen LogP contribution in [0, 0.1) is 0 Å². The number of benzene rings is 1. The number of aromatic nitrogens is 1. The third kappa shape index (κ3) is 3.54. The number of hydrogen-bond donors (Lipinski definition) is 1. The van der Waals surface area contributed by atoms with Gasteiger partial charge in [-0.25, -0.2) is 4.98 Å². The number of methoxy groups -OCH3 is 1. The van der Waals surface area contributed by atoms with Crippen LogP contribution in [-0.2, 0) is 12.8 Å². The smallest absolute Gasteiger partial charge is 0.257 e. The first kappa shape index (κ1) is 15.8. The Bertz CT molecular complexity index is 619. The number of carbonyl (C=O) groups excluding carboxylic acids is 1. The molecule has 112 valence electrons. The molecule has 0 saturated carbocycles. The van der Waals surface area contributed by atoms with E-state index in [1.807, 2.05) is 6.07 Å². The number of ether oxygens (including phenoxy) is 1. The molecule has 21 heavy (non-hydrogen) atoms. The van der Waals surface area contributed by atoms with Gasteiger partial charge in [0.1, 0.15) is 5.75 Å². The van der Waals surface area contributed by atoms with Crippen molar-refractivity contribution < 1.29 is 9.53 Å². The van der Waals surface area contributed by atoms with E-state index in [2.05, 4.69) is 10.3 Å². The summed E-state index contributed by atoms with van der Waals surface area (Å²) in [5.74, 6) is 0.533. The molecule has 1 aliphatic carbocycles. The summed E-state index contributed by atoms with van der Waals surface area (Å²) in [4.78, 5) is 18.0. The molecule has 0 bridgehead atoms. The van der Waals surface area contributed by atoms with Crippen molar-refractivity contribution in [1.82, 2.24) is 4.98 Å². The van der Waals surface area contributed by atoms with Gasteiger partial charge in [-0.1, -0.05) is 6.07 Å². The molecular formula is C15H17ClN2O2S. The first-order chi connectivity index (χ1) is 9.76. The van der Waals surface area contributed by atoms with Crippen LogP contribution in [0.15, 0.2) is 24.3 Å². The minimum absolute atomic E-state index is 0. The monoisotopic (exact) mass is 324 g/mol. The van der Waals surface area contributed by atoms with Crippen LogP contribution in [0.4, 0.5) is 5.13 Å². The van der Waals surface area contributed by atoms with Gasteiger partial charge in [0.15, 0.2) is 5.13 Å². The number of halogens is 1. The summed E-state index contributed by atoms with van der Waals surface area (Å²) in [6.07, 6.45) is 4.53. The molecule has 1 aromatic carbocycles. The minimum atomic E-state index is -0.144. The molecule has 1 aromatic heterocycles. The number of aryl methyl sites for hydroxylation is 2. The average Bonchev–Trinajstić information content (AvgIpc) is 2.89. The second-order valence-corrected chi connectivity index (χ2v) is 5.87. The molecule has 0 saturated heterocycles. The fourth-order valence-electron chi connectivity index (χ4n) is 2.34. The Kier molecular flexibility index (Phi) is 5.20. The van der Waals surface area contributed by atoms with Crippen molar-refractivity contribution in [3.05, 3.63) is 40.4 Å². The third-order valence-corrected chi connectivity index (χ3v) is 4.47. The summed E-state index contributed by atoms with van der Waals surface area (Å²) in [6, 6.07) is 7.12. The van der Waals surface area contributed by atoms with Gasteiger partial charge in [-0.15, -0.1) is 23.7 Å². The van der Waals surface area contributed by atoms with Gasteiger partial charge in [-0.05, 0) is 43.9 Å². The number of carbonyl (C=O) groups is 1. The van der Waals surface area contributed by atoms with Gasteiger partial charge in [0.2, 0.25) is 0 Å². The Morgan fingerprint density at radius 3 is 2.90 bits per heavy atom. The van der Waals surface area contributed by atoms with Crippen molar-refractivity contribution >= 4 is 34.8 Å². The largest absolute Gasteiger partial charge is 0.497 e. The zero-order valence-corrected chi connectivity index (χ0v) is 13.4. The summed E-state index contributed by atoms with van der Waals surface area (Å²) in [6.45, 7) is 0. The quantitative estimate of drug-likeness (QED) is 0.936. The van der Waals surface area contributed by atoms with E-state index >= 15 is 0 Å². The van der Waals surface area contributed by atoms with Crippen LogP contribution in [0.5, 0.6) is 5.75 Å². The first-order valence-corrected chi connectivity index (χ1v) is 7.52. The molecule has 0 radical (unpaired) electrons. The summed E-state index contributed by atoms with van der Waals surface area (Å²) in [5.41, 5.74) is 1.74. The molecule has 1 heterocycles. The molecule has 3 rings (SSSR count). The number of thiazole rings is 1. The van der Waals surface area contributed by atoms with Crippen LogP contribution < -0.4 is 10.1 Å². The van der Waals surface area contributed by atoms with E-state index in [-0.39, 0.29) is 18.3 Å². The average molecular weight is 325 g/mol. The Labute approximate surface area is 134 Å². The first-order valence-electron chi connectivity index (χ1n) is 6.70. The minimum Gasteiger partial charge on any atom is -0.497 e. The lowest BCUT2D eigenvalue weighted by Crippen LogP contribution is -2.11. The van der Waals surface area contributed by atoms with Crippen molar-refractivity contribution in [2.24, 2.45) is 0 Å². The molecule has 0 atom stereocenters. The van der Waals surface area contributed by atoms with E-state index in [0.29, 0.717) is 16.4 Å². The molecule has 1 amide bonds. The van der Waals surface area contributed by atoms with Crippen molar-refractivity contribution in [3.63, 3.8) is 0 Å². The van der Waals surface area contributed by atoms with Crippen LogP contribution in [0.2, 0.25) is 0 Å². The van der Waals surface area contributed by atoms with Gasteiger partial charge in [-0.3, -0.25) is 10.1 Å². The third-order valence-electron chi connectivity index (χ3n) is 3.40. The van der Waals surface area contributed by atoms with E-state index < -0.39 is 0 Å². The van der Waals surface area contributed by atoms with Crippen LogP contribution in [0.3, 0.4) is 0 Å². The summed E-state index contributed by atoms with van der Waals surface area (Å²) < 4.78 is 5.13. The van der Waals surface area contributed by atoms with Crippen LogP contribution in [-0.4, -0.2) is 18.0 Å². The van der Waals surface area contributed by atoms with Gasteiger partial charge >= 0.3 is 0 Å². The van der Waals surface area contributed by atoms with Crippen LogP contribution >= 0.6 is 23.7 Å². The van der Waals surface area contributed by atoms with Gasteiger partial charge in [-0.2, -0.15) is 0 Å². The molecule has 1 N–H and O–H groups in total. The number of hydrogen-bond acceptors (Lipinski definition) is 4. The van der Waals surface area contributed by atoms with Gasteiger partial charge in [0, 0.05) is 10.4 Å². The highest BCUT2D eigenvalue weighted by atomic mass is 35.5. The Balaban J connectivity index is 0.00000161. The molecule has 0 fully saturated rings. The second kappa shape index (κ2) is 6.91. The molecule has 0 unspecified atom stereocenters. The van der Waals surface area contributed by atoms with Gasteiger partial charge in [0.25, 0.3) is 5.91 Å². The fraction of sp³-hybridized carbons (Fsp3) is 0.333. The summed E-state index contributed by atoms with van der Waals surface area (Å²) >= 11 is 1.59. The number of nitrogens with one attached hydrogen (secondary N) is 1. The SMILES string of the molecule is COc1cccc(C(=O)Nc2nc3c(s2)CCCC3)c1.Cl. The van der Waals surface area contributed by atoms with Crippen LogP contribution in [0.1, 0.15) is 33.8 Å². The lowest BCUT2D eigenvalue weighted by Gasteiger charge is -2.06. The highest BCUT2D eigenvalue weighted by molar-refractivity contribution is 7.15. The van der Waals surface area contributed by atoms with E-state index in [0.717, 1.165) is 18.5 Å². The molecule has 0 spiro atoms. The normalized spacial score (nSPS) is 13.0. The van der Waals surface area contributed by atoms with E-state index in [1.165, 1.54) is 17.7 Å². The zero-order chi connectivity index (χ0) is 13.9. The highest BCUT2D eigenvalue weighted by Gasteiger charge is 2.16.